The molecule has 0 aliphatic carbocycles. The molecule has 1 rings (SSSR count). The fourth-order valence-electron chi connectivity index (χ4n) is 1.65. The third kappa shape index (κ3) is 3.09. The van der Waals surface area contributed by atoms with Gasteiger partial charge in [-0.05, 0) is 19.3 Å². The lowest BCUT2D eigenvalue weighted by Crippen LogP contribution is -2.47. The number of urea groups is 1. The third-order valence-corrected chi connectivity index (χ3v) is 3.35. The van der Waals surface area contributed by atoms with E-state index in [0.29, 0.717) is 25.4 Å². The first-order chi connectivity index (χ1) is 7.38. The van der Waals surface area contributed by atoms with E-state index in [1.807, 2.05) is 6.92 Å². The SMILES string of the molecule is CC(C)C(C)NC(=O)N1CCC(O)(CN)C1. The summed E-state index contributed by atoms with van der Waals surface area (Å²) in [4.78, 5) is 13.5. The molecule has 1 saturated heterocycles. The van der Waals surface area contributed by atoms with Crippen LogP contribution in [0.1, 0.15) is 27.2 Å². The van der Waals surface area contributed by atoms with E-state index in [0.717, 1.165) is 0 Å². The molecule has 2 atom stereocenters. The lowest BCUT2D eigenvalue weighted by atomic mass is 10.0. The van der Waals surface area contributed by atoms with E-state index >= 15 is 0 Å². The normalized spacial score (nSPS) is 27.2. The van der Waals surface area contributed by atoms with Gasteiger partial charge in [-0.25, -0.2) is 4.79 Å². The van der Waals surface area contributed by atoms with Gasteiger partial charge < -0.3 is 21.1 Å². The molecule has 4 N–H and O–H groups in total. The molecule has 5 heteroatoms. The Morgan fingerprint density at radius 1 is 1.56 bits per heavy atom. The molecule has 0 radical (unpaired) electrons. The highest BCUT2D eigenvalue weighted by Gasteiger charge is 2.37. The lowest BCUT2D eigenvalue weighted by molar-refractivity contribution is 0.0610. The molecule has 0 spiro atoms. The predicted molar refractivity (Wildman–Crippen MR) is 63.0 cm³/mol. The minimum atomic E-state index is -0.890. The van der Waals surface area contributed by atoms with Gasteiger partial charge in [0.15, 0.2) is 0 Å². The van der Waals surface area contributed by atoms with Gasteiger partial charge in [0.05, 0.1) is 12.1 Å². The number of hydrogen-bond acceptors (Lipinski definition) is 3. The first kappa shape index (κ1) is 13.3. The number of carbonyl (C=O) groups is 1. The Hall–Kier alpha value is -0.810. The van der Waals surface area contributed by atoms with Crippen molar-refractivity contribution in [3.8, 4) is 0 Å². The first-order valence-electron chi connectivity index (χ1n) is 5.86. The van der Waals surface area contributed by atoms with Crippen molar-refractivity contribution in [2.75, 3.05) is 19.6 Å². The molecule has 1 aliphatic rings. The van der Waals surface area contributed by atoms with Gasteiger partial charge in [-0.15, -0.1) is 0 Å². The van der Waals surface area contributed by atoms with Gasteiger partial charge in [0.2, 0.25) is 0 Å². The fourth-order valence-corrected chi connectivity index (χ4v) is 1.65. The van der Waals surface area contributed by atoms with Crippen LogP contribution in [0.2, 0.25) is 0 Å². The summed E-state index contributed by atoms with van der Waals surface area (Å²) in [5.74, 6) is 0.403. The minimum absolute atomic E-state index is 0.106. The summed E-state index contributed by atoms with van der Waals surface area (Å²) >= 11 is 0. The van der Waals surface area contributed by atoms with E-state index in [9.17, 15) is 9.90 Å². The standard InChI is InChI=1S/C11H23N3O2/c1-8(2)9(3)13-10(15)14-5-4-11(16,6-12)7-14/h8-9,16H,4-7,12H2,1-3H3,(H,13,15). The van der Waals surface area contributed by atoms with Crippen LogP contribution in [-0.4, -0.2) is 47.3 Å². The number of β-amino-alcohol motifs (C(OH)–C–C–N with tert-alkyl or cyclic N) is 1. The van der Waals surface area contributed by atoms with Gasteiger partial charge in [-0.2, -0.15) is 0 Å². The van der Waals surface area contributed by atoms with Crippen LogP contribution in [-0.2, 0) is 0 Å². The smallest absolute Gasteiger partial charge is 0.317 e. The van der Waals surface area contributed by atoms with Crippen molar-refractivity contribution in [1.82, 2.24) is 10.2 Å². The first-order valence-corrected chi connectivity index (χ1v) is 5.86. The molecule has 16 heavy (non-hydrogen) atoms. The van der Waals surface area contributed by atoms with Gasteiger partial charge in [0, 0.05) is 19.1 Å². The largest absolute Gasteiger partial charge is 0.387 e. The Labute approximate surface area is 97.0 Å². The van der Waals surface area contributed by atoms with Gasteiger partial charge in [-0.1, -0.05) is 13.8 Å². The van der Waals surface area contributed by atoms with E-state index in [1.165, 1.54) is 0 Å². The van der Waals surface area contributed by atoms with Crippen molar-refractivity contribution in [1.29, 1.82) is 0 Å². The highest BCUT2D eigenvalue weighted by atomic mass is 16.3. The van der Waals surface area contributed by atoms with E-state index in [-0.39, 0.29) is 18.6 Å². The van der Waals surface area contributed by atoms with E-state index < -0.39 is 5.60 Å². The Balaban J connectivity index is 2.45. The zero-order valence-electron chi connectivity index (χ0n) is 10.4. The molecule has 5 nitrogen and oxygen atoms in total. The molecule has 1 heterocycles. The van der Waals surface area contributed by atoms with E-state index in [1.54, 1.807) is 4.90 Å². The number of hydrogen-bond donors (Lipinski definition) is 3. The second-order valence-corrected chi connectivity index (χ2v) is 5.08. The highest BCUT2D eigenvalue weighted by Crippen LogP contribution is 2.19. The summed E-state index contributed by atoms with van der Waals surface area (Å²) in [7, 11) is 0. The quantitative estimate of drug-likeness (QED) is 0.644. The van der Waals surface area contributed by atoms with Crippen LogP contribution < -0.4 is 11.1 Å². The van der Waals surface area contributed by atoms with Crippen molar-refractivity contribution < 1.29 is 9.90 Å². The molecule has 0 aromatic carbocycles. The molecule has 0 aromatic heterocycles. The maximum Gasteiger partial charge on any atom is 0.317 e. The molecule has 0 bridgehead atoms. The van der Waals surface area contributed by atoms with Crippen molar-refractivity contribution >= 4 is 6.03 Å². The second kappa shape index (κ2) is 5.01. The third-order valence-electron chi connectivity index (χ3n) is 3.35. The molecule has 2 unspecified atom stereocenters. The topological polar surface area (TPSA) is 78.6 Å². The molecule has 2 amide bonds. The van der Waals surface area contributed by atoms with Crippen LogP contribution in [0.3, 0.4) is 0 Å². The number of carbonyl (C=O) groups excluding carboxylic acids is 1. The predicted octanol–water partition coefficient (Wildman–Crippen LogP) is 0.136. The zero-order valence-corrected chi connectivity index (χ0v) is 10.4. The zero-order chi connectivity index (χ0) is 12.3. The van der Waals surface area contributed by atoms with Gasteiger partial charge >= 0.3 is 6.03 Å². The monoisotopic (exact) mass is 229 g/mol. The van der Waals surface area contributed by atoms with Crippen LogP contribution in [0.25, 0.3) is 0 Å². The van der Waals surface area contributed by atoms with Gasteiger partial charge in [0.25, 0.3) is 0 Å². The summed E-state index contributed by atoms with van der Waals surface area (Å²) in [5.41, 5.74) is 4.58. The number of amides is 2. The number of nitrogens with two attached hydrogens (primary N) is 1. The van der Waals surface area contributed by atoms with E-state index in [4.69, 9.17) is 5.73 Å². The molecule has 1 fully saturated rings. The molecule has 0 aromatic rings. The van der Waals surface area contributed by atoms with Crippen molar-refractivity contribution in [2.24, 2.45) is 11.7 Å². The number of nitrogens with zero attached hydrogens (tertiary/aromatic N) is 1. The molecule has 94 valence electrons. The van der Waals surface area contributed by atoms with Crippen LogP contribution >= 0.6 is 0 Å². The molecular weight excluding hydrogens is 206 g/mol. The van der Waals surface area contributed by atoms with Crippen LogP contribution in [0.5, 0.6) is 0 Å². The maximum atomic E-state index is 11.8. The molecular formula is C11H23N3O2. The Morgan fingerprint density at radius 3 is 2.62 bits per heavy atom. The fraction of sp³-hybridized carbons (Fsp3) is 0.909. The Kier molecular flexibility index (Phi) is 4.15. The summed E-state index contributed by atoms with van der Waals surface area (Å²) in [6.45, 7) is 7.21. The average Bonchev–Trinajstić information content (AvgIpc) is 2.62. The summed E-state index contributed by atoms with van der Waals surface area (Å²) in [6, 6.07) is 0.0321. The molecule has 0 saturated carbocycles. The maximum absolute atomic E-state index is 11.8. The summed E-state index contributed by atoms with van der Waals surface area (Å²) in [5, 5.41) is 12.8. The van der Waals surface area contributed by atoms with Crippen LogP contribution in [0.15, 0.2) is 0 Å². The summed E-state index contributed by atoms with van der Waals surface area (Å²) in [6.07, 6.45) is 0.562. The van der Waals surface area contributed by atoms with Crippen molar-refractivity contribution in [3.63, 3.8) is 0 Å². The second-order valence-electron chi connectivity index (χ2n) is 5.08. The number of nitrogens with one attached hydrogen (secondary N) is 1. The Bertz CT molecular complexity index is 258. The van der Waals surface area contributed by atoms with Crippen molar-refractivity contribution in [2.45, 2.75) is 38.8 Å². The van der Waals surface area contributed by atoms with Gasteiger partial charge in [0.1, 0.15) is 0 Å². The molecule has 1 aliphatic heterocycles. The number of likely N-dealkylation sites (tertiary alicyclic amines) is 1. The Morgan fingerprint density at radius 2 is 2.19 bits per heavy atom. The minimum Gasteiger partial charge on any atom is -0.387 e. The highest BCUT2D eigenvalue weighted by molar-refractivity contribution is 5.75. The summed E-state index contributed by atoms with van der Waals surface area (Å²) < 4.78 is 0. The number of aliphatic hydroxyl groups is 1. The van der Waals surface area contributed by atoms with Gasteiger partial charge in [-0.3, -0.25) is 0 Å². The number of rotatable bonds is 3. The average molecular weight is 229 g/mol. The van der Waals surface area contributed by atoms with Crippen LogP contribution in [0, 0.1) is 5.92 Å². The van der Waals surface area contributed by atoms with E-state index in [2.05, 4.69) is 19.2 Å². The lowest BCUT2D eigenvalue weighted by Gasteiger charge is -2.24. The van der Waals surface area contributed by atoms with Crippen molar-refractivity contribution in [3.05, 3.63) is 0 Å². The van der Waals surface area contributed by atoms with Crippen LogP contribution in [0.4, 0.5) is 4.79 Å².